The summed E-state index contributed by atoms with van der Waals surface area (Å²) >= 11 is 0. The highest BCUT2D eigenvalue weighted by Gasteiger charge is 2.59. The summed E-state index contributed by atoms with van der Waals surface area (Å²) in [5.74, 6) is 2.06. The van der Waals surface area contributed by atoms with E-state index in [0.29, 0.717) is 11.9 Å². The summed E-state index contributed by atoms with van der Waals surface area (Å²) < 4.78 is 2.21. The Morgan fingerprint density at radius 2 is 1.82 bits per heavy atom. The highest BCUT2D eigenvalue weighted by molar-refractivity contribution is 5.98. The zero-order valence-corrected chi connectivity index (χ0v) is 19.7. The van der Waals surface area contributed by atoms with Gasteiger partial charge in [0, 0.05) is 36.9 Å². The maximum Gasteiger partial charge on any atom is 0.270 e. The van der Waals surface area contributed by atoms with Gasteiger partial charge in [-0.15, -0.1) is 0 Å². The lowest BCUT2D eigenvalue weighted by atomic mass is 9.49. The number of carbonyl (C=O) groups is 1. The molecule has 1 aliphatic heterocycles. The number of aromatic nitrogens is 3. The van der Waals surface area contributed by atoms with Crippen molar-refractivity contribution in [2.24, 2.45) is 5.92 Å². The molecule has 1 amide bonds. The van der Waals surface area contributed by atoms with E-state index in [1.807, 2.05) is 12.3 Å². The molecule has 3 heterocycles. The van der Waals surface area contributed by atoms with Crippen LogP contribution in [0.2, 0.25) is 0 Å². The molecule has 2 aromatic heterocycles. The Morgan fingerprint density at radius 3 is 2.42 bits per heavy atom. The number of fused-ring (bicyclic) bond motifs is 1. The van der Waals surface area contributed by atoms with Crippen molar-refractivity contribution in [3.8, 4) is 0 Å². The van der Waals surface area contributed by atoms with Gasteiger partial charge in [0.1, 0.15) is 11.3 Å². The fourth-order valence-electron chi connectivity index (χ4n) is 5.93. The second kappa shape index (κ2) is 7.55. The van der Waals surface area contributed by atoms with Crippen molar-refractivity contribution < 1.29 is 4.79 Å². The molecular formula is C26H32N6O. The summed E-state index contributed by atoms with van der Waals surface area (Å²) in [6.45, 7) is 2.33. The molecule has 0 radical (unpaired) electrons. The van der Waals surface area contributed by atoms with E-state index in [0.717, 1.165) is 47.6 Å². The van der Waals surface area contributed by atoms with Gasteiger partial charge in [-0.2, -0.15) is 4.98 Å². The van der Waals surface area contributed by atoms with Crippen LogP contribution in [0, 0.1) is 5.92 Å². The Labute approximate surface area is 194 Å². The third kappa shape index (κ3) is 3.41. The predicted molar refractivity (Wildman–Crippen MR) is 130 cm³/mol. The van der Waals surface area contributed by atoms with E-state index in [-0.39, 0.29) is 11.4 Å². The van der Waals surface area contributed by atoms with Gasteiger partial charge in [-0.05, 0) is 87.8 Å². The van der Waals surface area contributed by atoms with E-state index in [2.05, 4.69) is 51.1 Å². The van der Waals surface area contributed by atoms with Gasteiger partial charge in [0.2, 0.25) is 5.95 Å². The van der Waals surface area contributed by atoms with Crippen LogP contribution in [0.25, 0.3) is 11.0 Å². The lowest BCUT2D eigenvalue weighted by Crippen LogP contribution is -2.60. The topological polar surface area (TPSA) is 66.3 Å². The summed E-state index contributed by atoms with van der Waals surface area (Å²) in [7, 11) is 5.81. The lowest BCUT2D eigenvalue weighted by molar-refractivity contribution is -0.0870. The average Bonchev–Trinajstić information content (AvgIpc) is 3.11. The molecule has 172 valence electrons. The second-order valence-corrected chi connectivity index (χ2v) is 10.6. The number of nitrogens with one attached hydrogen (secondary N) is 1. The average molecular weight is 445 g/mol. The van der Waals surface area contributed by atoms with E-state index in [1.54, 1.807) is 19.0 Å². The van der Waals surface area contributed by atoms with Crippen LogP contribution in [-0.4, -0.2) is 64.5 Å². The highest BCUT2D eigenvalue weighted by atomic mass is 16.2. The molecule has 7 rings (SSSR count). The van der Waals surface area contributed by atoms with Crippen LogP contribution in [0.4, 0.5) is 11.6 Å². The van der Waals surface area contributed by atoms with Crippen LogP contribution < -0.4 is 5.32 Å². The van der Waals surface area contributed by atoms with Gasteiger partial charge in [0.25, 0.3) is 5.91 Å². The van der Waals surface area contributed by atoms with Crippen molar-refractivity contribution in [3.63, 3.8) is 0 Å². The van der Waals surface area contributed by atoms with E-state index in [9.17, 15) is 4.79 Å². The molecule has 7 heteroatoms. The van der Waals surface area contributed by atoms with Crippen molar-refractivity contribution in [1.29, 1.82) is 0 Å². The zero-order valence-electron chi connectivity index (χ0n) is 19.7. The van der Waals surface area contributed by atoms with Crippen molar-refractivity contribution in [2.45, 2.75) is 43.6 Å². The Kier molecular flexibility index (Phi) is 4.73. The number of likely N-dealkylation sites (tertiary alicyclic amines) is 1. The van der Waals surface area contributed by atoms with Gasteiger partial charge >= 0.3 is 0 Å². The first-order valence-electron chi connectivity index (χ1n) is 12.1. The first kappa shape index (κ1) is 20.7. The van der Waals surface area contributed by atoms with Crippen LogP contribution in [0.1, 0.15) is 54.1 Å². The number of carbonyl (C=O) groups excluding carboxylic acids is 1. The third-order valence-electron chi connectivity index (χ3n) is 8.00. The predicted octanol–water partition coefficient (Wildman–Crippen LogP) is 4.19. The molecule has 2 bridgehead atoms. The summed E-state index contributed by atoms with van der Waals surface area (Å²) in [5, 5.41) is 4.31. The maximum absolute atomic E-state index is 12.9. The molecule has 4 aliphatic rings. The first-order chi connectivity index (χ1) is 15.9. The molecule has 0 atom stereocenters. The van der Waals surface area contributed by atoms with Gasteiger partial charge in [-0.1, -0.05) is 12.1 Å². The number of nitrogens with zero attached hydrogens (tertiary/aromatic N) is 5. The summed E-state index contributed by atoms with van der Waals surface area (Å²) in [5.41, 5.74) is 4.05. The minimum atomic E-state index is 0.0247. The summed E-state index contributed by atoms with van der Waals surface area (Å²) in [6.07, 6.45) is 7.72. The van der Waals surface area contributed by atoms with Gasteiger partial charge in [-0.25, -0.2) is 4.98 Å². The second-order valence-electron chi connectivity index (χ2n) is 10.6. The van der Waals surface area contributed by atoms with Crippen LogP contribution >= 0.6 is 0 Å². The van der Waals surface area contributed by atoms with E-state index < -0.39 is 0 Å². The molecule has 3 saturated carbocycles. The monoisotopic (exact) mass is 444 g/mol. The van der Waals surface area contributed by atoms with E-state index >= 15 is 0 Å². The molecule has 3 aromatic rings. The number of amides is 1. The Balaban J connectivity index is 1.28. The number of hydrogen-bond donors (Lipinski definition) is 1. The van der Waals surface area contributed by atoms with Crippen LogP contribution in [0.3, 0.4) is 0 Å². The number of rotatable bonds is 5. The summed E-state index contributed by atoms with van der Waals surface area (Å²) in [4.78, 5) is 26.4. The number of anilines is 2. The molecule has 1 saturated heterocycles. The quantitative estimate of drug-likeness (QED) is 0.639. The number of hydrogen-bond acceptors (Lipinski definition) is 5. The molecular weight excluding hydrogens is 412 g/mol. The minimum absolute atomic E-state index is 0.0247. The lowest BCUT2D eigenvalue weighted by Gasteiger charge is -2.62. The van der Waals surface area contributed by atoms with E-state index in [4.69, 9.17) is 4.98 Å². The van der Waals surface area contributed by atoms with E-state index in [1.165, 1.54) is 31.5 Å². The van der Waals surface area contributed by atoms with Crippen molar-refractivity contribution in [2.75, 3.05) is 39.5 Å². The first-order valence-corrected chi connectivity index (χ1v) is 12.1. The molecule has 0 spiro atoms. The van der Waals surface area contributed by atoms with Crippen molar-refractivity contribution in [3.05, 3.63) is 47.8 Å². The minimum Gasteiger partial charge on any atom is -0.343 e. The Morgan fingerprint density at radius 1 is 1.12 bits per heavy atom. The molecule has 3 aliphatic carbocycles. The van der Waals surface area contributed by atoms with Crippen LogP contribution in [0.5, 0.6) is 0 Å². The molecule has 1 N–H and O–H groups in total. The van der Waals surface area contributed by atoms with Gasteiger partial charge in [0.05, 0.1) is 0 Å². The zero-order chi connectivity index (χ0) is 22.7. The molecule has 33 heavy (non-hydrogen) atoms. The van der Waals surface area contributed by atoms with Crippen molar-refractivity contribution in [1.82, 2.24) is 24.3 Å². The van der Waals surface area contributed by atoms with Crippen molar-refractivity contribution >= 4 is 28.6 Å². The van der Waals surface area contributed by atoms with Crippen LogP contribution in [-0.2, 0) is 5.54 Å². The number of piperidine rings is 1. The molecule has 7 nitrogen and oxygen atoms in total. The van der Waals surface area contributed by atoms with Gasteiger partial charge in [-0.3, -0.25) is 4.79 Å². The Bertz CT molecular complexity index is 1190. The number of benzene rings is 1. The normalized spacial score (nSPS) is 24.9. The molecule has 1 aromatic carbocycles. The standard InChI is InChI=1S/C26H32N6O/c1-30(2)24(33)22-12-20-16-27-25(29-23(20)32(22)26-13-17(14-26)15-26)28-21-6-4-18(5-7-21)19-8-10-31(3)11-9-19/h4-7,12,16-17,19H,8-11,13-15H2,1-3H3,(H,27,28,29). The largest absolute Gasteiger partial charge is 0.343 e. The molecule has 0 unspecified atom stereocenters. The Hall–Kier alpha value is -2.93. The third-order valence-corrected chi connectivity index (χ3v) is 8.00. The fourth-order valence-corrected chi connectivity index (χ4v) is 5.93. The SMILES string of the molecule is CN1CCC(c2ccc(Nc3ncc4cc(C(=O)N(C)C)n(C56CC(C5)C6)c4n3)cc2)CC1. The van der Waals surface area contributed by atoms with Gasteiger partial charge in [0.15, 0.2) is 0 Å². The van der Waals surface area contributed by atoms with Crippen LogP contribution in [0.15, 0.2) is 36.5 Å². The fraction of sp³-hybridized carbons (Fsp3) is 0.500. The maximum atomic E-state index is 12.9. The molecule has 4 fully saturated rings. The highest BCUT2D eigenvalue weighted by Crippen LogP contribution is 2.63. The summed E-state index contributed by atoms with van der Waals surface area (Å²) in [6, 6.07) is 10.7. The van der Waals surface area contributed by atoms with Gasteiger partial charge < -0.3 is 19.7 Å². The smallest absolute Gasteiger partial charge is 0.270 e.